The quantitative estimate of drug-likeness (QED) is 0.0549. The van der Waals surface area contributed by atoms with Crippen LogP contribution in [0.3, 0.4) is 0 Å². The average molecular weight is 1280 g/mol. The SMILES string of the molecule is CCCCCCCCCCC(CCCCCCCC(CCCCCCCCCC)(CCCCCCCCCC)CCCCCCCCCC)C(CCCCCCCCCC)(CCCCCCCCCC)N(CCCCCCCCCC)CCCCCCCCCC. The van der Waals surface area contributed by atoms with Crippen LogP contribution in [0.4, 0.5) is 0 Å². The van der Waals surface area contributed by atoms with Crippen LogP contribution >= 0.6 is 0 Å². The molecule has 0 rings (SSSR count). The second-order valence-corrected chi connectivity index (χ2v) is 31.9. The highest BCUT2D eigenvalue weighted by Gasteiger charge is 2.42. The largest absolute Gasteiger partial charge is 0.297 e. The van der Waals surface area contributed by atoms with Gasteiger partial charge in [-0.2, -0.15) is 0 Å². The second kappa shape index (κ2) is 75.7. The Morgan fingerprint density at radius 2 is 0.319 bits per heavy atom. The van der Waals surface area contributed by atoms with Gasteiger partial charge in [0, 0.05) is 5.54 Å². The number of hydrogen-bond donors (Lipinski definition) is 0. The molecule has 548 valence electrons. The summed E-state index contributed by atoms with van der Waals surface area (Å²) < 4.78 is 0. The highest BCUT2D eigenvalue weighted by atomic mass is 15.2. The van der Waals surface area contributed by atoms with Crippen molar-refractivity contribution in [2.24, 2.45) is 11.3 Å². The van der Waals surface area contributed by atoms with Crippen LogP contribution in [0.2, 0.25) is 0 Å². The molecule has 91 heavy (non-hydrogen) atoms. The third-order valence-electron chi connectivity index (χ3n) is 23.2. The van der Waals surface area contributed by atoms with Gasteiger partial charge in [-0.15, -0.1) is 0 Å². The summed E-state index contributed by atoms with van der Waals surface area (Å²) in [6, 6.07) is 0. The average Bonchev–Trinajstić information content (AvgIpc) is 0.890. The summed E-state index contributed by atoms with van der Waals surface area (Å²) >= 11 is 0. The van der Waals surface area contributed by atoms with E-state index in [1.807, 2.05) is 0 Å². The molecule has 0 saturated carbocycles. The monoisotopic (exact) mass is 1280 g/mol. The van der Waals surface area contributed by atoms with Crippen molar-refractivity contribution in [3.8, 4) is 0 Å². The van der Waals surface area contributed by atoms with E-state index in [4.69, 9.17) is 0 Å². The lowest BCUT2D eigenvalue weighted by Gasteiger charge is -2.51. The Labute approximate surface area is 581 Å². The van der Waals surface area contributed by atoms with E-state index in [1.54, 1.807) is 25.7 Å². The smallest absolute Gasteiger partial charge is 0.0237 e. The Bertz CT molecular complexity index is 1190. The third kappa shape index (κ3) is 59.7. The van der Waals surface area contributed by atoms with Crippen LogP contribution in [0.1, 0.15) is 550 Å². The summed E-state index contributed by atoms with van der Waals surface area (Å²) in [5.41, 5.74) is 1.01. The van der Waals surface area contributed by atoms with Gasteiger partial charge in [-0.25, -0.2) is 0 Å². The molecule has 0 heterocycles. The summed E-state index contributed by atoms with van der Waals surface area (Å²) in [5.74, 6) is 0.877. The van der Waals surface area contributed by atoms with Crippen molar-refractivity contribution in [2.45, 2.75) is 555 Å². The minimum Gasteiger partial charge on any atom is -0.297 e. The Morgan fingerprint density at radius 1 is 0.165 bits per heavy atom. The first kappa shape index (κ1) is 91.0. The number of rotatable bonds is 82. The zero-order chi connectivity index (χ0) is 66.0. The molecule has 0 aliphatic heterocycles. The fourth-order valence-electron chi connectivity index (χ4n) is 16.9. The van der Waals surface area contributed by atoms with Crippen LogP contribution in [0.25, 0.3) is 0 Å². The maximum Gasteiger partial charge on any atom is 0.0237 e. The van der Waals surface area contributed by atoms with Gasteiger partial charge in [0.05, 0.1) is 0 Å². The standard InChI is InChI=1S/C90H183N/c1-9-17-25-33-41-49-58-68-78-88(79-69-59-57-63-73-83-89(80-70-60-50-42-34-26-18-10-2,81-71-61-51-43-35-27-19-11-3)82-72-62-52-44-36-28-20-12-4)90(84-74-64-53-45-37-29-21-13-5,85-75-65-54-46-38-30-22-14-6)91(86-76-66-55-47-39-31-23-15-7)87-77-67-56-48-40-32-24-16-8/h88H,9-87H2,1-8H3. The summed E-state index contributed by atoms with van der Waals surface area (Å²) in [6.45, 7) is 21.9. The minimum absolute atomic E-state index is 0.397. The molecule has 1 heteroatoms. The van der Waals surface area contributed by atoms with Gasteiger partial charge < -0.3 is 0 Å². The number of unbranched alkanes of at least 4 members (excludes halogenated alkanes) is 60. The molecule has 1 atom stereocenters. The first-order valence-corrected chi connectivity index (χ1v) is 44.7. The Morgan fingerprint density at radius 3 is 0.516 bits per heavy atom. The van der Waals surface area contributed by atoms with E-state index >= 15 is 0 Å². The van der Waals surface area contributed by atoms with Gasteiger partial charge in [0.1, 0.15) is 0 Å². The van der Waals surface area contributed by atoms with Gasteiger partial charge in [0.2, 0.25) is 0 Å². The van der Waals surface area contributed by atoms with Gasteiger partial charge >= 0.3 is 0 Å². The van der Waals surface area contributed by atoms with Crippen molar-refractivity contribution >= 4 is 0 Å². The van der Waals surface area contributed by atoms with Crippen molar-refractivity contribution in [3.05, 3.63) is 0 Å². The van der Waals surface area contributed by atoms with E-state index in [2.05, 4.69) is 60.3 Å². The molecule has 0 fully saturated rings. The normalized spacial score (nSPS) is 12.6. The first-order chi connectivity index (χ1) is 45.0. The Balaban J connectivity index is 7.09. The highest BCUT2D eigenvalue weighted by molar-refractivity contribution is 4.97. The maximum atomic E-state index is 3.38. The molecule has 0 aliphatic carbocycles. The molecule has 0 aliphatic rings. The molecular weight excluding hydrogens is 1090 g/mol. The number of nitrogens with zero attached hydrogens (tertiary/aromatic N) is 1. The fraction of sp³-hybridized carbons (Fsp3) is 1.00. The van der Waals surface area contributed by atoms with Crippen LogP contribution in [0.5, 0.6) is 0 Å². The lowest BCUT2D eigenvalue weighted by molar-refractivity contribution is -0.00212. The van der Waals surface area contributed by atoms with Crippen molar-refractivity contribution in [1.29, 1.82) is 0 Å². The molecule has 0 aromatic carbocycles. The Kier molecular flexibility index (Phi) is 75.7. The topological polar surface area (TPSA) is 3.24 Å². The number of hydrogen-bond acceptors (Lipinski definition) is 1. The van der Waals surface area contributed by atoms with Crippen molar-refractivity contribution < 1.29 is 0 Å². The summed E-state index contributed by atoms with van der Waals surface area (Å²) in [5, 5.41) is 0. The van der Waals surface area contributed by atoms with Crippen LogP contribution in [0, 0.1) is 11.3 Å². The lowest BCUT2D eigenvalue weighted by atomic mass is 9.69. The van der Waals surface area contributed by atoms with Gasteiger partial charge in [0.15, 0.2) is 0 Å². The zero-order valence-electron chi connectivity index (χ0n) is 65.9. The zero-order valence-corrected chi connectivity index (χ0v) is 65.9. The second-order valence-electron chi connectivity index (χ2n) is 31.9. The molecule has 0 spiro atoms. The van der Waals surface area contributed by atoms with Crippen molar-refractivity contribution in [2.75, 3.05) is 13.1 Å². The molecule has 1 nitrogen and oxygen atoms in total. The molecule has 0 amide bonds. The molecule has 1 unspecified atom stereocenters. The molecule has 0 aromatic heterocycles. The van der Waals surface area contributed by atoms with Gasteiger partial charge in [-0.3, -0.25) is 4.90 Å². The van der Waals surface area contributed by atoms with E-state index in [0.29, 0.717) is 11.0 Å². The van der Waals surface area contributed by atoms with E-state index in [1.165, 1.54) is 482 Å². The predicted octanol–water partition coefficient (Wildman–Crippen LogP) is 33.8. The third-order valence-corrected chi connectivity index (χ3v) is 23.2. The fourth-order valence-corrected chi connectivity index (χ4v) is 16.9. The highest BCUT2D eigenvalue weighted by Crippen LogP contribution is 2.45. The summed E-state index contributed by atoms with van der Waals surface area (Å²) in [6.07, 6.45) is 113. The molecule has 0 saturated heterocycles. The van der Waals surface area contributed by atoms with E-state index < -0.39 is 0 Å². The molecule has 0 radical (unpaired) electrons. The van der Waals surface area contributed by atoms with Crippen LogP contribution in [-0.4, -0.2) is 23.5 Å². The lowest BCUT2D eigenvalue weighted by Crippen LogP contribution is -2.55. The van der Waals surface area contributed by atoms with Crippen LogP contribution < -0.4 is 0 Å². The van der Waals surface area contributed by atoms with E-state index in [9.17, 15) is 0 Å². The van der Waals surface area contributed by atoms with Gasteiger partial charge in [-0.1, -0.05) is 486 Å². The molecule has 0 aromatic rings. The van der Waals surface area contributed by atoms with Gasteiger partial charge in [0.25, 0.3) is 0 Å². The van der Waals surface area contributed by atoms with Crippen LogP contribution in [0.15, 0.2) is 0 Å². The van der Waals surface area contributed by atoms with Crippen molar-refractivity contribution in [1.82, 2.24) is 4.90 Å². The summed E-state index contributed by atoms with van der Waals surface area (Å²) in [7, 11) is 0. The predicted molar refractivity (Wildman–Crippen MR) is 421 cm³/mol. The van der Waals surface area contributed by atoms with Gasteiger partial charge in [-0.05, 0) is 88.6 Å². The summed E-state index contributed by atoms with van der Waals surface area (Å²) in [4.78, 5) is 3.38. The molecule has 0 N–H and O–H groups in total. The van der Waals surface area contributed by atoms with E-state index in [-0.39, 0.29) is 0 Å². The Hall–Kier alpha value is -0.0400. The van der Waals surface area contributed by atoms with Crippen LogP contribution in [-0.2, 0) is 0 Å². The maximum absolute atomic E-state index is 3.38. The minimum atomic E-state index is 0.397. The first-order valence-electron chi connectivity index (χ1n) is 44.7. The van der Waals surface area contributed by atoms with Crippen molar-refractivity contribution in [3.63, 3.8) is 0 Å². The molecule has 0 bridgehead atoms. The van der Waals surface area contributed by atoms with E-state index in [0.717, 1.165) is 5.92 Å². The molecular formula is C90H183N.